The monoisotopic (exact) mass is 1240 g/mol. The Morgan fingerprint density at radius 2 is 1.70 bits per heavy atom. The van der Waals surface area contributed by atoms with E-state index in [4.69, 9.17) is 16.3 Å². The van der Waals surface area contributed by atoms with E-state index in [9.17, 15) is 37.7 Å². The van der Waals surface area contributed by atoms with E-state index in [2.05, 4.69) is 77.8 Å². The molecule has 2 aromatic heterocycles. The number of unbranched alkanes of at least 4 members (excludes halogenated alkanes) is 6. The largest absolute Gasteiger partial charge is 0.455 e. The molecule has 5 aliphatic rings. The lowest BCUT2D eigenvalue weighted by Crippen LogP contribution is -2.52. The number of halogens is 1. The Bertz CT molecular complexity index is 3870. The van der Waals surface area contributed by atoms with Crippen molar-refractivity contribution in [3.05, 3.63) is 152 Å². The standard InChI is InChI=1S/C68H77ClN10O9S/c1-68(2)29-27-50(57(40-68)48-17-19-51(69)20-18-48)44-76-33-35-77(36-34-76)52-21-23-56(62(38-52)88-53-37-49-28-30-70-64(49)72-42-53)65(81)74-89(86,87)54-22-24-59(61(39-54)79(84)85)71-41-46-13-12-32-75(43-46)31-10-8-6-4-3-5-7-9-14-47-15-11-16-55-58(47)45-78(67(55)83)60-25-26-63(80)73-66(60)82/h11,15-24,28,30,37-39,42,46,60,71H,3-8,10,12-13,25-27,29,31-36,40-41,43-45H2,1-2H3,(H,70,72)(H,74,81)(H,73,80,82). The van der Waals surface area contributed by atoms with Gasteiger partial charge in [0.15, 0.2) is 0 Å². The van der Waals surface area contributed by atoms with E-state index in [0.29, 0.717) is 49.6 Å². The molecule has 6 heterocycles. The van der Waals surface area contributed by atoms with Crippen molar-refractivity contribution in [2.45, 2.75) is 121 Å². The number of H-pyrrole nitrogens is 1. The van der Waals surface area contributed by atoms with Crippen LogP contribution in [0.25, 0.3) is 16.6 Å². The first-order valence-electron chi connectivity index (χ1n) is 31.2. The number of fused-ring (bicyclic) bond motifs is 2. The first-order chi connectivity index (χ1) is 42.9. The van der Waals surface area contributed by atoms with Crippen LogP contribution in [0, 0.1) is 33.3 Å². The first-order valence-corrected chi connectivity index (χ1v) is 33.1. The lowest BCUT2D eigenvalue weighted by molar-refractivity contribution is -0.384. The zero-order valence-corrected chi connectivity index (χ0v) is 52.2. The fraction of sp³-hybridized carbons (Fsp3) is 0.426. The number of likely N-dealkylation sites (tertiary alicyclic amines) is 1. The second-order valence-electron chi connectivity index (χ2n) is 25.0. The van der Waals surface area contributed by atoms with Crippen LogP contribution in [0.2, 0.25) is 5.02 Å². The molecule has 11 rings (SSSR count). The van der Waals surface area contributed by atoms with E-state index in [0.717, 1.165) is 150 Å². The number of allylic oxidation sites excluding steroid dienone is 1. The molecule has 4 N–H and O–H groups in total. The molecule has 4 amide bonds. The minimum Gasteiger partial charge on any atom is -0.455 e. The number of amides is 4. The van der Waals surface area contributed by atoms with Gasteiger partial charge in [-0.3, -0.25) is 39.5 Å². The number of piperidine rings is 2. The predicted molar refractivity (Wildman–Crippen MR) is 344 cm³/mol. The highest BCUT2D eigenvalue weighted by molar-refractivity contribution is 7.90. The Morgan fingerprint density at radius 1 is 0.899 bits per heavy atom. The molecule has 4 aromatic carbocycles. The second-order valence-corrected chi connectivity index (χ2v) is 27.1. The normalized spacial score (nSPS) is 19.0. The van der Waals surface area contributed by atoms with Crippen molar-refractivity contribution in [2.24, 2.45) is 11.3 Å². The van der Waals surface area contributed by atoms with Crippen molar-refractivity contribution in [3.63, 3.8) is 0 Å². The van der Waals surface area contributed by atoms with E-state index < -0.39 is 43.4 Å². The summed E-state index contributed by atoms with van der Waals surface area (Å²) in [7, 11) is -4.62. The van der Waals surface area contributed by atoms with Crippen LogP contribution in [0.3, 0.4) is 0 Å². The van der Waals surface area contributed by atoms with Gasteiger partial charge in [0.25, 0.3) is 27.5 Å². The molecular weight excluding hydrogens is 1170 g/mol. The Hall–Kier alpha value is -8.09. The minimum atomic E-state index is -4.62. The number of nitrogens with one attached hydrogen (secondary N) is 4. The number of carbonyl (C=O) groups is 4. The number of nitro benzene ring substituents is 1. The lowest BCUT2D eigenvalue weighted by Gasteiger charge is -2.39. The summed E-state index contributed by atoms with van der Waals surface area (Å²) in [4.78, 5) is 79.3. The maximum atomic E-state index is 14.2. The third-order valence-electron chi connectivity index (χ3n) is 18.1. The molecule has 6 aromatic rings. The summed E-state index contributed by atoms with van der Waals surface area (Å²) in [6, 6.07) is 25.4. The van der Waals surface area contributed by atoms with E-state index in [1.165, 1.54) is 35.0 Å². The molecule has 0 saturated carbocycles. The summed E-state index contributed by atoms with van der Waals surface area (Å²) in [6.45, 7) is 12.1. The number of hydrogen-bond acceptors (Lipinski definition) is 14. The second kappa shape index (κ2) is 27.7. The molecule has 3 saturated heterocycles. The number of benzene rings is 4. The maximum absolute atomic E-state index is 14.2. The number of imide groups is 1. The van der Waals surface area contributed by atoms with Gasteiger partial charge in [-0.15, -0.1) is 0 Å². The predicted octanol–water partition coefficient (Wildman–Crippen LogP) is 11.5. The summed E-state index contributed by atoms with van der Waals surface area (Å²) >= 11 is 6.28. The molecule has 2 atom stereocenters. The van der Waals surface area contributed by atoms with Crippen LogP contribution in [-0.4, -0.2) is 127 Å². The number of anilines is 2. The topological polar surface area (TPSA) is 233 Å². The molecule has 0 spiro atoms. The van der Waals surface area contributed by atoms with Crippen molar-refractivity contribution in [1.82, 2.24) is 34.7 Å². The highest BCUT2D eigenvalue weighted by Crippen LogP contribution is 2.44. The van der Waals surface area contributed by atoms with Gasteiger partial charge in [-0.05, 0) is 153 Å². The quantitative estimate of drug-likeness (QED) is 0.0163. The molecule has 0 bridgehead atoms. The van der Waals surface area contributed by atoms with E-state index in [1.807, 2.05) is 30.3 Å². The van der Waals surface area contributed by atoms with Gasteiger partial charge < -0.3 is 29.7 Å². The van der Waals surface area contributed by atoms with Gasteiger partial charge in [-0.25, -0.2) is 18.1 Å². The summed E-state index contributed by atoms with van der Waals surface area (Å²) in [5, 5.41) is 19.6. The number of carbonyl (C=O) groups excluding carboxylic acids is 4. The van der Waals surface area contributed by atoms with Gasteiger partial charge in [0.1, 0.15) is 28.9 Å². The number of pyridine rings is 1. The van der Waals surface area contributed by atoms with E-state index in [1.54, 1.807) is 41.4 Å². The summed E-state index contributed by atoms with van der Waals surface area (Å²) in [5.74, 6) is 5.34. The molecule has 21 heteroatoms. The molecule has 466 valence electrons. The summed E-state index contributed by atoms with van der Waals surface area (Å²) in [5.41, 5.74) is 7.67. The number of piperazine rings is 1. The van der Waals surface area contributed by atoms with E-state index in [-0.39, 0.29) is 46.6 Å². The number of hydrogen-bond donors (Lipinski definition) is 4. The number of sulfonamides is 1. The van der Waals surface area contributed by atoms with Gasteiger partial charge in [0.2, 0.25) is 11.8 Å². The SMILES string of the molecule is CC1(C)CCC(CN2CCN(c3ccc(C(=O)NS(=O)(=O)c4ccc(NCC5CCCN(CCCCCCCCC#Cc6cccc7c6CN(C6CCC(=O)NC6=O)C7=O)C5)c([N+](=O)[O-])c4)c(Oc4cnc5[nH]ccc5c4)c3)CC2)=C(c2ccc(Cl)cc2)C1. The molecule has 3 fully saturated rings. The van der Waals surface area contributed by atoms with Crippen LogP contribution in [0.5, 0.6) is 11.5 Å². The number of ether oxygens (including phenoxy) is 1. The van der Waals surface area contributed by atoms with Crippen molar-refractivity contribution in [2.75, 3.05) is 69.1 Å². The zero-order chi connectivity index (χ0) is 62.2. The molecule has 89 heavy (non-hydrogen) atoms. The first kappa shape index (κ1) is 62.5. The zero-order valence-electron chi connectivity index (χ0n) is 50.6. The number of nitro groups is 1. The molecular formula is C68H77ClN10O9S. The Morgan fingerprint density at radius 3 is 2.49 bits per heavy atom. The number of nitrogens with zero attached hydrogens (tertiary/aromatic N) is 6. The Labute approximate surface area is 525 Å². The average molecular weight is 1250 g/mol. The van der Waals surface area contributed by atoms with Crippen molar-refractivity contribution in [3.8, 4) is 23.3 Å². The van der Waals surface area contributed by atoms with Crippen LogP contribution < -0.4 is 25.0 Å². The van der Waals surface area contributed by atoms with Crippen LogP contribution in [-0.2, 0) is 26.2 Å². The molecule has 4 aliphatic heterocycles. The smallest absolute Gasteiger partial charge is 0.293 e. The molecule has 1 aliphatic carbocycles. The number of rotatable bonds is 22. The fourth-order valence-corrected chi connectivity index (χ4v) is 14.2. The molecule has 2 unspecified atom stereocenters. The van der Waals surface area contributed by atoms with Gasteiger partial charge in [0.05, 0.1) is 21.6 Å². The number of aromatic nitrogens is 2. The molecule has 0 radical (unpaired) electrons. The highest BCUT2D eigenvalue weighted by atomic mass is 35.5. The van der Waals surface area contributed by atoms with Gasteiger partial charge in [0, 0.05) is 111 Å². The van der Waals surface area contributed by atoms with Gasteiger partial charge in [-0.2, -0.15) is 0 Å². The maximum Gasteiger partial charge on any atom is 0.293 e. The van der Waals surface area contributed by atoms with Gasteiger partial charge >= 0.3 is 0 Å². The van der Waals surface area contributed by atoms with Crippen LogP contribution in [0.1, 0.15) is 141 Å². The third-order valence-corrected chi connectivity index (χ3v) is 19.6. The van der Waals surface area contributed by atoms with Crippen LogP contribution in [0.4, 0.5) is 17.1 Å². The van der Waals surface area contributed by atoms with Crippen LogP contribution in [0.15, 0.2) is 114 Å². The van der Waals surface area contributed by atoms with Crippen molar-refractivity contribution < 1.29 is 37.3 Å². The minimum absolute atomic E-state index is 0.0471. The van der Waals surface area contributed by atoms with Crippen molar-refractivity contribution >= 4 is 78.9 Å². The van der Waals surface area contributed by atoms with Gasteiger partial charge in [-0.1, -0.05) is 86.7 Å². The third kappa shape index (κ3) is 15.3. The number of aromatic amines is 1. The Balaban J connectivity index is 0.652. The van der Waals surface area contributed by atoms with Crippen molar-refractivity contribution in [1.29, 1.82) is 0 Å². The van der Waals surface area contributed by atoms with Crippen LogP contribution >= 0.6 is 11.6 Å². The molecule has 19 nitrogen and oxygen atoms in total. The highest BCUT2D eigenvalue weighted by Gasteiger charge is 2.40. The Kier molecular flexibility index (Phi) is 19.5. The van der Waals surface area contributed by atoms with E-state index >= 15 is 0 Å². The summed E-state index contributed by atoms with van der Waals surface area (Å²) < 4.78 is 36.6. The summed E-state index contributed by atoms with van der Waals surface area (Å²) in [6.07, 6.45) is 16.1. The average Bonchev–Trinajstić information content (AvgIpc) is 1.83. The lowest BCUT2D eigenvalue weighted by atomic mass is 9.72. The fourth-order valence-electron chi connectivity index (χ4n) is 13.1.